The van der Waals surface area contributed by atoms with E-state index in [1.807, 2.05) is 44.4 Å². The SMILES string of the molecule is CCOCc1ccc(CNC(=O)[C@H](CCSC)NS(=O)(=O)c2ccc(C)cc2)cc1. The van der Waals surface area contributed by atoms with E-state index in [0.717, 1.165) is 16.7 Å². The van der Waals surface area contributed by atoms with Crippen LogP contribution < -0.4 is 10.0 Å². The van der Waals surface area contributed by atoms with Crippen molar-refractivity contribution in [3.8, 4) is 0 Å². The van der Waals surface area contributed by atoms with Gasteiger partial charge in [0.1, 0.15) is 6.04 Å². The van der Waals surface area contributed by atoms with Gasteiger partial charge >= 0.3 is 0 Å². The van der Waals surface area contributed by atoms with E-state index >= 15 is 0 Å². The highest BCUT2D eigenvalue weighted by Gasteiger charge is 2.25. The van der Waals surface area contributed by atoms with Gasteiger partial charge in [-0.15, -0.1) is 0 Å². The third kappa shape index (κ3) is 7.75. The average molecular weight is 451 g/mol. The van der Waals surface area contributed by atoms with Crippen molar-refractivity contribution in [2.45, 2.75) is 44.4 Å². The second kappa shape index (κ2) is 12.1. The minimum atomic E-state index is -3.78. The van der Waals surface area contributed by atoms with Gasteiger partial charge in [0.05, 0.1) is 11.5 Å². The van der Waals surface area contributed by atoms with Gasteiger partial charge in [0.15, 0.2) is 0 Å². The summed E-state index contributed by atoms with van der Waals surface area (Å²) in [5.74, 6) is 0.332. The number of carbonyl (C=O) groups is 1. The smallest absolute Gasteiger partial charge is 0.241 e. The summed E-state index contributed by atoms with van der Waals surface area (Å²) in [7, 11) is -3.78. The van der Waals surface area contributed by atoms with Gasteiger partial charge in [-0.25, -0.2) is 8.42 Å². The molecule has 0 heterocycles. The van der Waals surface area contributed by atoms with Crippen molar-refractivity contribution in [2.24, 2.45) is 0 Å². The number of hydrogen-bond donors (Lipinski definition) is 2. The first kappa shape index (κ1) is 24.4. The van der Waals surface area contributed by atoms with E-state index in [1.54, 1.807) is 36.0 Å². The Bertz CT molecular complexity index is 898. The Hall–Kier alpha value is -1.87. The predicted molar refractivity (Wildman–Crippen MR) is 122 cm³/mol. The van der Waals surface area contributed by atoms with Gasteiger partial charge in [0.25, 0.3) is 0 Å². The van der Waals surface area contributed by atoms with Crippen molar-refractivity contribution in [1.82, 2.24) is 10.0 Å². The molecule has 2 aromatic carbocycles. The molecule has 0 aliphatic carbocycles. The van der Waals surface area contributed by atoms with Gasteiger partial charge in [-0.05, 0) is 55.5 Å². The van der Waals surface area contributed by atoms with E-state index in [-0.39, 0.29) is 10.8 Å². The topological polar surface area (TPSA) is 84.5 Å². The van der Waals surface area contributed by atoms with Crippen molar-refractivity contribution in [3.05, 3.63) is 65.2 Å². The molecule has 0 unspecified atom stereocenters. The molecule has 0 spiro atoms. The predicted octanol–water partition coefficient (Wildman–Crippen LogP) is 3.25. The number of hydrogen-bond acceptors (Lipinski definition) is 5. The molecular formula is C22H30N2O4S2. The van der Waals surface area contributed by atoms with Gasteiger partial charge in [0, 0.05) is 13.2 Å². The molecule has 0 saturated carbocycles. The lowest BCUT2D eigenvalue weighted by molar-refractivity contribution is -0.122. The molecule has 30 heavy (non-hydrogen) atoms. The minimum Gasteiger partial charge on any atom is -0.377 e. The first-order valence-corrected chi connectivity index (χ1v) is 12.7. The lowest BCUT2D eigenvalue weighted by Crippen LogP contribution is -2.46. The maximum Gasteiger partial charge on any atom is 0.241 e. The minimum absolute atomic E-state index is 0.153. The van der Waals surface area contributed by atoms with Crippen LogP contribution in [0.25, 0.3) is 0 Å². The molecule has 0 bridgehead atoms. The third-order valence-corrected chi connectivity index (χ3v) is 6.65. The molecule has 8 heteroatoms. The summed E-state index contributed by atoms with van der Waals surface area (Å²) >= 11 is 1.57. The quantitative estimate of drug-likeness (QED) is 0.519. The molecular weight excluding hydrogens is 420 g/mol. The zero-order valence-electron chi connectivity index (χ0n) is 17.7. The monoisotopic (exact) mass is 450 g/mol. The number of aryl methyl sites for hydroxylation is 1. The van der Waals surface area contributed by atoms with E-state index in [4.69, 9.17) is 4.74 Å². The van der Waals surface area contributed by atoms with Gasteiger partial charge in [0.2, 0.25) is 15.9 Å². The van der Waals surface area contributed by atoms with Crippen molar-refractivity contribution < 1.29 is 17.9 Å². The largest absolute Gasteiger partial charge is 0.377 e. The van der Waals surface area contributed by atoms with Crippen LogP contribution in [0, 0.1) is 6.92 Å². The van der Waals surface area contributed by atoms with Crippen molar-refractivity contribution >= 4 is 27.7 Å². The number of ether oxygens (including phenoxy) is 1. The molecule has 2 rings (SSSR count). The van der Waals surface area contributed by atoms with Crippen LogP contribution in [0.15, 0.2) is 53.4 Å². The Kier molecular flexibility index (Phi) is 9.84. The summed E-state index contributed by atoms with van der Waals surface area (Å²) < 4.78 is 33.4. The van der Waals surface area contributed by atoms with Crippen LogP contribution in [-0.2, 0) is 32.7 Å². The molecule has 0 radical (unpaired) electrons. The fraction of sp³-hybridized carbons (Fsp3) is 0.409. The second-order valence-corrected chi connectivity index (χ2v) is 9.64. The first-order valence-electron chi connectivity index (χ1n) is 9.87. The number of sulfonamides is 1. The molecule has 0 aliphatic heterocycles. The van der Waals surface area contributed by atoms with Crippen LogP contribution in [0.5, 0.6) is 0 Å². The van der Waals surface area contributed by atoms with Crippen LogP contribution in [0.1, 0.15) is 30.0 Å². The van der Waals surface area contributed by atoms with Crippen LogP contribution in [0.3, 0.4) is 0 Å². The van der Waals surface area contributed by atoms with Crippen LogP contribution in [-0.4, -0.2) is 39.0 Å². The number of amides is 1. The zero-order valence-corrected chi connectivity index (χ0v) is 19.3. The Balaban J connectivity index is 2.01. The van der Waals surface area contributed by atoms with E-state index in [2.05, 4.69) is 10.0 Å². The Labute approximate surface area is 183 Å². The maximum absolute atomic E-state index is 12.7. The lowest BCUT2D eigenvalue weighted by Gasteiger charge is -2.18. The molecule has 2 N–H and O–H groups in total. The van der Waals surface area contributed by atoms with Crippen LogP contribution in [0.4, 0.5) is 0 Å². The van der Waals surface area contributed by atoms with Gasteiger partial charge < -0.3 is 10.1 Å². The third-order valence-electron chi connectivity index (χ3n) is 4.52. The highest BCUT2D eigenvalue weighted by Crippen LogP contribution is 2.13. The molecule has 164 valence electrons. The molecule has 6 nitrogen and oxygen atoms in total. The Morgan fingerprint density at radius 1 is 1.07 bits per heavy atom. The summed E-state index contributed by atoms with van der Waals surface area (Å²) in [5, 5.41) is 2.85. The van der Waals surface area contributed by atoms with Crippen LogP contribution in [0.2, 0.25) is 0 Å². The van der Waals surface area contributed by atoms with E-state index in [0.29, 0.717) is 31.9 Å². The molecule has 0 saturated heterocycles. The van der Waals surface area contributed by atoms with Gasteiger partial charge in [-0.1, -0.05) is 42.0 Å². The fourth-order valence-electron chi connectivity index (χ4n) is 2.74. The van der Waals surface area contributed by atoms with Crippen molar-refractivity contribution in [3.63, 3.8) is 0 Å². The number of carbonyl (C=O) groups excluding carboxylic acids is 1. The maximum atomic E-state index is 12.7. The summed E-state index contributed by atoms with van der Waals surface area (Å²) in [6, 6.07) is 13.5. The summed E-state index contributed by atoms with van der Waals surface area (Å²) in [4.78, 5) is 12.9. The standard InChI is InChI=1S/C22H30N2O4S2/c1-4-28-16-19-9-7-18(8-10-19)15-23-22(25)21(13-14-29-3)24-30(26,27)20-11-5-17(2)6-12-20/h5-12,21,24H,4,13-16H2,1-3H3,(H,23,25)/t21-/m0/s1. The summed E-state index contributed by atoms with van der Waals surface area (Å²) in [5.41, 5.74) is 2.97. The van der Waals surface area contributed by atoms with Crippen LogP contribution >= 0.6 is 11.8 Å². The molecule has 0 aromatic heterocycles. The lowest BCUT2D eigenvalue weighted by atomic mass is 10.1. The number of thioether (sulfide) groups is 1. The fourth-order valence-corrected chi connectivity index (χ4v) is 4.44. The number of rotatable bonds is 12. The molecule has 0 fully saturated rings. The normalized spacial score (nSPS) is 12.5. The van der Waals surface area contributed by atoms with Crippen molar-refractivity contribution in [2.75, 3.05) is 18.6 Å². The van der Waals surface area contributed by atoms with E-state index < -0.39 is 16.1 Å². The molecule has 0 aliphatic rings. The van der Waals surface area contributed by atoms with Gasteiger partial charge in [-0.2, -0.15) is 16.5 Å². The number of nitrogens with one attached hydrogen (secondary N) is 2. The van der Waals surface area contributed by atoms with E-state index in [9.17, 15) is 13.2 Å². The Morgan fingerprint density at radius 2 is 1.70 bits per heavy atom. The molecule has 1 amide bonds. The van der Waals surface area contributed by atoms with E-state index in [1.165, 1.54) is 0 Å². The number of benzene rings is 2. The molecule has 1 atom stereocenters. The highest BCUT2D eigenvalue weighted by atomic mass is 32.2. The Morgan fingerprint density at radius 3 is 2.30 bits per heavy atom. The molecule has 2 aromatic rings. The summed E-state index contributed by atoms with van der Waals surface area (Å²) in [6.07, 6.45) is 2.33. The zero-order chi connectivity index (χ0) is 22.0. The average Bonchev–Trinajstić information content (AvgIpc) is 2.74. The van der Waals surface area contributed by atoms with Gasteiger partial charge in [-0.3, -0.25) is 4.79 Å². The first-order chi connectivity index (χ1) is 14.4. The highest BCUT2D eigenvalue weighted by molar-refractivity contribution is 7.98. The van der Waals surface area contributed by atoms with Crippen molar-refractivity contribution in [1.29, 1.82) is 0 Å². The summed E-state index contributed by atoms with van der Waals surface area (Å²) in [6.45, 7) is 5.39. The second-order valence-electron chi connectivity index (χ2n) is 6.94.